The van der Waals surface area contributed by atoms with Gasteiger partial charge >= 0.3 is 6.18 Å². The van der Waals surface area contributed by atoms with E-state index in [0.717, 1.165) is 25.0 Å². The molecule has 1 aromatic rings. The minimum Gasteiger partial charge on any atom is -0.388 e. The SMILES string of the molecule is OC(c1ccc(C(F)(F)F)cc1Cl)C1CC1. The second-order valence-electron chi connectivity index (χ2n) is 4.02. The number of hydrogen-bond donors (Lipinski definition) is 1. The highest BCUT2D eigenvalue weighted by atomic mass is 35.5. The van der Waals surface area contributed by atoms with E-state index in [1.54, 1.807) is 0 Å². The van der Waals surface area contributed by atoms with E-state index in [0.29, 0.717) is 5.56 Å². The van der Waals surface area contributed by atoms with Crippen LogP contribution in [0.5, 0.6) is 0 Å². The molecule has 1 aliphatic rings. The molecule has 1 atom stereocenters. The molecule has 0 aromatic heterocycles. The first kappa shape index (κ1) is 11.7. The van der Waals surface area contributed by atoms with Gasteiger partial charge in [0.2, 0.25) is 0 Å². The van der Waals surface area contributed by atoms with Crippen molar-refractivity contribution in [1.82, 2.24) is 0 Å². The molecule has 2 rings (SSSR count). The monoisotopic (exact) mass is 250 g/mol. The largest absolute Gasteiger partial charge is 0.416 e. The Morgan fingerprint density at radius 3 is 2.38 bits per heavy atom. The fourth-order valence-electron chi connectivity index (χ4n) is 1.61. The molecule has 88 valence electrons. The van der Waals surface area contributed by atoms with Crippen molar-refractivity contribution in [3.05, 3.63) is 34.3 Å². The highest BCUT2D eigenvalue weighted by Crippen LogP contribution is 2.43. The maximum Gasteiger partial charge on any atom is 0.416 e. The molecule has 0 saturated heterocycles. The number of aliphatic hydroxyl groups is 1. The zero-order valence-electron chi connectivity index (χ0n) is 8.26. The van der Waals surface area contributed by atoms with Crippen molar-refractivity contribution in [3.8, 4) is 0 Å². The fraction of sp³-hybridized carbons (Fsp3) is 0.455. The summed E-state index contributed by atoms with van der Waals surface area (Å²) in [5.41, 5.74) is -0.401. The van der Waals surface area contributed by atoms with Crippen LogP contribution in [0.25, 0.3) is 0 Å². The molecule has 1 aliphatic carbocycles. The van der Waals surface area contributed by atoms with Crippen molar-refractivity contribution >= 4 is 11.6 Å². The van der Waals surface area contributed by atoms with Gasteiger partial charge in [0.1, 0.15) is 0 Å². The molecule has 0 spiro atoms. The maximum atomic E-state index is 12.4. The number of halogens is 4. The molecule has 1 unspecified atom stereocenters. The second kappa shape index (κ2) is 3.93. The van der Waals surface area contributed by atoms with Crippen LogP contribution >= 0.6 is 11.6 Å². The lowest BCUT2D eigenvalue weighted by atomic mass is 10.0. The Labute approximate surface area is 95.8 Å². The standard InChI is InChI=1S/C11H10ClF3O/c12-9-5-7(11(13,14)15)3-4-8(9)10(16)6-1-2-6/h3-6,10,16H,1-2H2. The maximum absolute atomic E-state index is 12.4. The molecule has 0 radical (unpaired) electrons. The highest BCUT2D eigenvalue weighted by Gasteiger charge is 2.34. The van der Waals surface area contributed by atoms with Gasteiger partial charge in [0, 0.05) is 5.02 Å². The molecular formula is C11H10ClF3O. The van der Waals surface area contributed by atoms with Crippen molar-refractivity contribution in [2.75, 3.05) is 0 Å². The Balaban J connectivity index is 2.29. The molecule has 16 heavy (non-hydrogen) atoms. The molecular weight excluding hydrogens is 241 g/mol. The smallest absolute Gasteiger partial charge is 0.388 e. The summed E-state index contributed by atoms with van der Waals surface area (Å²) in [7, 11) is 0. The number of alkyl halides is 3. The lowest BCUT2D eigenvalue weighted by Crippen LogP contribution is -2.07. The molecule has 0 bridgehead atoms. The second-order valence-corrected chi connectivity index (χ2v) is 4.42. The van der Waals surface area contributed by atoms with Crippen LogP contribution in [0.1, 0.15) is 30.1 Å². The van der Waals surface area contributed by atoms with Crippen molar-refractivity contribution in [1.29, 1.82) is 0 Å². The summed E-state index contributed by atoms with van der Waals surface area (Å²) < 4.78 is 37.1. The number of benzene rings is 1. The van der Waals surface area contributed by atoms with Gasteiger partial charge in [-0.3, -0.25) is 0 Å². The summed E-state index contributed by atoms with van der Waals surface area (Å²) in [4.78, 5) is 0. The Morgan fingerprint density at radius 1 is 1.31 bits per heavy atom. The summed E-state index contributed by atoms with van der Waals surface area (Å²) >= 11 is 5.74. The molecule has 1 saturated carbocycles. The summed E-state index contributed by atoms with van der Waals surface area (Å²) in [5.74, 6) is 0.147. The third kappa shape index (κ3) is 2.33. The van der Waals surface area contributed by atoms with E-state index >= 15 is 0 Å². The number of aliphatic hydroxyl groups excluding tert-OH is 1. The molecule has 1 aromatic carbocycles. The van der Waals surface area contributed by atoms with E-state index in [4.69, 9.17) is 11.6 Å². The van der Waals surface area contributed by atoms with E-state index in [9.17, 15) is 18.3 Å². The van der Waals surface area contributed by atoms with Gasteiger partial charge < -0.3 is 5.11 Å². The van der Waals surface area contributed by atoms with Crippen LogP contribution in [0.4, 0.5) is 13.2 Å². The summed E-state index contributed by atoms with van der Waals surface area (Å²) in [6.07, 6.45) is -3.33. The van der Waals surface area contributed by atoms with Crippen molar-refractivity contribution in [2.24, 2.45) is 5.92 Å². The van der Waals surface area contributed by atoms with Crippen LogP contribution in [-0.4, -0.2) is 5.11 Å². The Hall–Kier alpha value is -0.740. The molecule has 1 N–H and O–H groups in total. The van der Waals surface area contributed by atoms with Crippen LogP contribution in [0.2, 0.25) is 5.02 Å². The molecule has 0 heterocycles. The van der Waals surface area contributed by atoms with Crippen molar-refractivity contribution in [2.45, 2.75) is 25.1 Å². The van der Waals surface area contributed by atoms with Crippen LogP contribution in [0.3, 0.4) is 0 Å². The summed E-state index contributed by atoms with van der Waals surface area (Å²) in [6.45, 7) is 0. The lowest BCUT2D eigenvalue weighted by Gasteiger charge is -2.14. The first-order valence-electron chi connectivity index (χ1n) is 4.94. The molecule has 0 amide bonds. The summed E-state index contributed by atoms with van der Waals surface area (Å²) in [6, 6.07) is 3.07. The van der Waals surface area contributed by atoms with E-state index < -0.39 is 17.8 Å². The Kier molecular flexibility index (Phi) is 2.88. The van der Waals surface area contributed by atoms with Crippen LogP contribution in [-0.2, 0) is 6.18 Å². The first-order valence-corrected chi connectivity index (χ1v) is 5.32. The minimum atomic E-state index is -4.40. The molecule has 1 nitrogen and oxygen atoms in total. The lowest BCUT2D eigenvalue weighted by molar-refractivity contribution is -0.137. The predicted octanol–water partition coefficient (Wildman–Crippen LogP) is 3.80. The Morgan fingerprint density at radius 2 is 1.94 bits per heavy atom. The van der Waals surface area contributed by atoms with Gasteiger partial charge in [-0.2, -0.15) is 13.2 Å². The molecule has 0 aliphatic heterocycles. The predicted molar refractivity (Wildman–Crippen MR) is 54.1 cm³/mol. The van der Waals surface area contributed by atoms with E-state index in [2.05, 4.69) is 0 Å². The number of rotatable bonds is 2. The average Bonchev–Trinajstić information content (AvgIpc) is 2.98. The van der Waals surface area contributed by atoms with E-state index in [1.165, 1.54) is 6.07 Å². The molecule has 5 heteroatoms. The van der Waals surface area contributed by atoms with Gasteiger partial charge in [-0.05, 0) is 36.5 Å². The van der Waals surface area contributed by atoms with Gasteiger partial charge in [-0.1, -0.05) is 17.7 Å². The number of hydrogen-bond acceptors (Lipinski definition) is 1. The average molecular weight is 251 g/mol. The third-order valence-electron chi connectivity index (χ3n) is 2.71. The fourth-order valence-corrected chi connectivity index (χ4v) is 1.90. The van der Waals surface area contributed by atoms with Gasteiger partial charge in [-0.25, -0.2) is 0 Å². The van der Waals surface area contributed by atoms with Gasteiger partial charge in [-0.15, -0.1) is 0 Å². The Bertz CT molecular complexity index is 399. The van der Waals surface area contributed by atoms with Crippen molar-refractivity contribution < 1.29 is 18.3 Å². The normalized spacial score (nSPS) is 18.6. The van der Waals surface area contributed by atoms with Gasteiger partial charge in [0.25, 0.3) is 0 Å². The molecule has 1 fully saturated rings. The third-order valence-corrected chi connectivity index (χ3v) is 3.04. The van der Waals surface area contributed by atoms with E-state index in [-0.39, 0.29) is 10.9 Å². The summed E-state index contributed by atoms with van der Waals surface area (Å²) in [5, 5.41) is 9.75. The topological polar surface area (TPSA) is 20.2 Å². The highest BCUT2D eigenvalue weighted by molar-refractivity contribution is 6.31. The minimum absolute atomic E-state index is 0.0192. The van der Waals surface area contributed by atoms with Crippen LogP contribution in [0, 0.1) is 5.92 Å². The van der Waals surface area contributed by atoms with Crippen LogP contribution < -0.4 is 0 Å². The van der Waals surface area contributed by atoms with Crippen molar-refractivity contribution in [3.63, 3.8) is 0 Å². The zero-order valence-corrected chi connectivity index (χ0v) is 9.02. The first-order chi connectivity index (χ1) is 7.39. The zero-order chi connectivity index (χ0) is 11.9. The van der Waals surface area contributed by atoms with Gasteiger partial charge in [0.15, 0.2) is 0 Å². The quantitative estimate of drug-likeness (QED) is 0.846. The van der Waals surface area contributed by atoms with Gasteiger partial charge in [0.05, 0.1) is 11.7 Å². The van der Waals surface area contributed by atoms with E-state index in [1.807, 2.05) is 0 Å². The van der Waals surface area contributed by atoms with Crippen LogP contribution in [0.15, 0.2) is 18.2 Å².